The lowest BCUT2D eigenvalue weighted by atomic mass is 10.2. The highest BCUT2D eigenvalue weighted by Crippen LogP contribution is 2.27. The largest absolute Gasteiger partial charge is 0.493 e. The topological polar surface area (TPSA) is 100 Å². The Morgan fingerprint density at radius 1 is 1.23 bits per heavy atom. The van der Waals surface area contributed by atoms with Crippen molar-refractivity contribution in [1.82, 2.24) is 24.6 Å². The van der Waals surface area contributed by atoms with Gasteiger partial charge in [-0.05, 0) is 17.7 Å². The van der Waals surface area contributed by atoms with E-state index >= 15 is 0 Å². The first-order valence-electron chi connectivity index (χ1n) is 7.88. The van der Waals surface area contributed by atoms with Gasteiger partial charge in [0.15, 0.2) is 17.1 Å². The highest BCUT2D eigenvalue weighted by Gasteiger charge is 2.11. The minimum Gasteiger partial charge on any atom is -0.493 e. The lowest BCUT2D eigenvalue weighted by Crippen LogP contribution is -2.32. The van der Waals surface area contributed by atoms with E-state index in [1.54, 1.807) is 33.4 Å². The molecule has 0 aliphatic heterocycles. The summed E-state index contributed by atoms with van der Waals surface area (Å²) in [6.45, 7) is 0.181. The third-order valence-corrected chi connectivity index (χ3v) is 3.97. The van der Waals surface area contributed by atoms with Crippen molar-refractivity contribution in [3.63, 3.8) is 0 Å². The summed E-state index contributed by atoms with van der Waals surface area (Å²) in [4.78, 5) is 28.7. The number of hydrogen-bond donors (Lipinski definition) is 1. The first kappa shape index (κ1) is 17.5. The SMILES string of the molecule is COc1ccc(CNC(=O)Cn2cnc3c(cnn3C)c2=O)cc1OC. The molecule has 0 spiro atoms. The molecule has 26 heavy (non-hydrogen) atoms. The van der Waals surface area contributed by atoms with Crippen LogP contribution in [0.25, 0.3) is 11.0 Å². The number of carbonyl (C=O) groups excluding carboxylic acids is 1. The highest BCUT2D eigenvalue weighted by atomic mass is 16.5. The van der Waals surface area contributed by atoms with Crippen LogP contribution in [0.3, 0.4) is 0 Å². The Hall–Kier alpha value is -3.36. The van der Waals surface area contributed by atoms with Gasteiger partial charge >= 0.3 is 0 Å². The second-order valence-electron chi connectivity index (χ2n) is 5.65. The molecular formula is C17H19N5O4. The van der Waals surface area contributed by atoms with Gasteiger partial charge in [-0.15, -0.1) is 0 Å². The number of aryl methyl sites for hydroxylation is 1. The van der Waals surface area contributed by atoms with E-state index in [0.717, 1.165) is 5.56 Å². The maximum absolute atomic E-state index is 12.4. The van der Waals surface area contributed by atoms with Gasteiger partial charge in [-0.25, -0.2) is 4.98 Å². The molecule has 1 aromatic carbocycles. The molecule has 0 fully saturated rings. The summed E-state index contributed by atoms with van der Waals surface area (Å²) in [5.74, 6) is 0.901. The lowest BCUT2D eigenvalue weighted by Gasteiger charge is -2.11. The monoisotopic (exact) mass is 357 g/mol. The van der Waals surface area contributed by atoms with E-state index < -0.39 is 0 Å². The van der Waals surface area contributed by atoms with Gasteiger partial charge in [0.2, 0.25) is 5.91 Å². The molecule has 9 nitrogen and oxygen atoms in total. The van der Waals surface area contributed by atoms with Gasteiger partial charge in [-0.1, -0.05) is 6.07 Å². The van der Waals surface area contributed by atoms with Crippen LogP contribution in [0.4, 0.5) is 0 Å². The number of carbonyl (C=O) groups is 1. The van der Waals surface area contributed by atoms with Crippen LogP contribution in [-0.4, -0.2) is 39.5 Å². The Labute approximate surface area is 149 Å². The quantitative estimate of drug-likeness (QED) is 0.688. The van der Waals surface area contributed by atoms with Gasteiger partial charge in [0.1, 0.15) is 18.3 Å². The maximum Gasteiger partial charge on any atom is 0.264 e. The highest BCUT2D eigenvalue weighted by molar-refractivity contribution is 5.77. The van der Waals surface area contributed by atoms with E-state index in [1.165, 1.54) is 21.8 Å². The minimum atomic E-state index is -0.302. The number of fused-ring (bicyclic) bond motifs is 1. The molecule has 3 aromatic rings. The first-order chi connectivity index (χ1) is 12.5. The molecule has 2 aromatic heterocycles. The Balaban J connectivity index is 1.68. The Kier molecular flexibility index (Phi) is 4.87. The Bertz CT molecular complexity index is 1010. The molecule has 0 bridgehead atoms. The maximum atomic E-state index is 12.4. The molecule has 2 heterocycles. The van der Waals surface area contributed by atoms with E-state index in [2.05, 4.69) is 15.4 Å². The van der Waals surface area contributed by atoms with Crippen LogP contribution in [0.1, 0.15) is 5.56 Å². The molecule has 9 heteroatoms. The zero-order chi connectivity index (χ0) is 18.7. The summed E-state index contributed by atoms with van der Waals surface area (Å²) in [6, 6.07) is 5.39. The number of methoxy groups -OCH3 is 2. The van der Waals surface area contributed by atoms with Crippen molar-refractivity contribution in [3.05, 3.63) is 46.6 Å². The van der Waals surface area contributed by atoms with Gasteiger partial charge in [-0.2, -0.15) is 5.10 Å². The van der Waals surface area contributed by atoms with Crippen molar-refractivity contribution in [2.75, 3.05) is 14.2 Å². The average Bonchev–Trinajstić information content (AvgIpc) is 3.03. The second-order valence-corrected chi connectivity index (χ2v) is 5.65. The summed E-state index contributed by atoms with van der Waals surface area (Å²) in [5.41, 5.74) is 1.03. The molecule has 136 valence electrons. The van der Waals surface area contributed by atoms with Crippen LogP contribution in [0.15, 0.2) is 35.5 Å². The normalized spacial score (nSPS) is 10.7. The van der Waals surface area contributed by atoms with Gasteiger partial charge in [0, 0.05) is 13.6 Å². The molecule has 3 rings (SSSR count). The van der Waals surface area contributed by atoms with Gasteiger partial charge in [0.05, 0.1) is 20.4 Å². The van der Waals surface area contributed by atoms with E-state index in [-0.39, 0.29) is 18.0 Å². The number of rotatable bonds is 6. The molecule has 0 atom stereocenters. The van der Waals surface area contributed by atoms with Crippen LogP contribution in [0.2, 0.25) is 0 Å². The van der Waals surface area contributed by atoms with E-state index in [0.29, 0.717) is 29.1 Å². The fourth-order valence-electron chi connectivity index (χ4n) is 2.58. The summed E-state index contributed by atoms with van der Waals surface area (Å²) >= 11 is 0. The molecule has 1 N–H and O–H groups in total. The number of ether oxygens (including phenoxy) is 2. The van der Waals surface area contributed by atoms with Crippen LogP contribution < -0.4 is 20.3 Å². The third kappa shape index (κ3) is 3.37. The zero-order valence-corrected chi connectivity index (χ0v) is 14.7. The minimum absolute atomic E-state index is 0.121. The molecule has 0 aliphatic rings. The Morgan fingerprint density at radius 3 is 2.73 bits per heavy atom. The number of hydrogen-bond acceptors (Lipinski definition) is 6. The number of benzene rings is 1. The fraction of sp³-hybridized carbons (Fsp3) is 0.294. The summed E-state index contributed by atoms with van der Waals surface area (Å²) in [6.07, 6.45) is 2.80. The van der Waals surface area contributed by atoms with E-state index in [9.17, 15) is 9.59 Å². The van der Waals surface area contributed by atoms with Gasteiger partial charge in [-0.3, -0.25) is 18.8 Å². The zero-order valence-electron chi connectivity index (χ0n) is 14.7. The summed E-state index contributed by atoms with van der Waals surface area (Å²) < 4.78 is 13.2. The van der Waals surface area contributed by atoms with Crippen molar-refractivity contribution in [1.29, 1.82) is 0 Å². The summed E-state index contributed by atoms with van der Waals surface area (Å²) in [5, 5.41) is 7.15. The molecule has 0 saturated heterocycles. The van der Waals surface area contributed by atoms with Crippen LogP contribution in [0.5, 0.6) is 11.5 Å². The van der Waals surface area contributed by atoms with Crippen molar-refractivity contribution < 1.29 is 14.3 Å². The average molecular weight is 357 g/mol. The molecule has 0 unspecified atom stereocenters. The smallest absolute Gasteiger partial charge is 0.264 e. The number of nitrogens with zero attached hydrogens (tertiary/aromatic N) is 4. The predicted octanol–water partition coefficient (Wildman–Crippen LogP) is 0.464. The summed E-state index contributed by atoms with van der Waals surface area (Å²) in [7, 11) is 4.81. The standard InChI is InChI=1S/C17H19N5O4/c1-21-16-12(8-20-21)17(24)22(10-19-16)9-15(23)18-7-11-4-5-13(25-2)14(6-11)26-3/h4-6,8,10H,7,9H2,1-3H3,(H,18,23). The lowest BCUT2D eigenvalue weighted by molar-refractivity contribution is -0.121. The van der Waals surface area contributed by atoms with Crippen LogP contribution in [0, 0.1) is 0 Å². The third-order valence-electron chi connectivity index (χ3n) is 3.97. The van der Waals surface area contributed by atoms with E-state index in [1.807, 2.05) is 6.07 Å². The van der Waals surface area contributed by atoms with Crippen LogP contribution in [-0.2, 0) is 24.9 Å². The fourth-order valence-corrected chi connectivity index (χ4v) is 2.58. The number of nitrogens with one attached hydrogen (secondary N) is 1. The number of amides is 1. The molecule has 0 radical (unpaired) electrons. The molecular weight excluding hydrogens is 338 g/mol. The van der Waals surface area contributed by atoms with Crippen molar-refractivity contribution in [2.45, 2.75) is 13.1 Å². The molecule has 0 saturated carbocycles. The van der Waals surface area contributed by atoms with Gasteiger partial charge < -0.3 is 14.8 Å². The van der Waals surface area contributed by atoms with E-state index in [4.69, 9.17) is 9.47 Å². The van der Waals surface area contributed by atoms with Crippen LogP contribution >= 0.6 is 0 Å². The van der Waals surface area contributed by atoms with Crippen molar-refractivity contribution >= 4 is 16.9 Å². The number of aromatic nitrogens is 4. The van der Waals surface area contributed by atoms with Crippen molar-refractivity contribution in [3.8, 4) is 11.5 Å². The second kappa shape index (κ2) is 7.26. The molecule has 1 amide bonds. The first-order valence-corrected chi connectivity index (χ1v) is 7.88. The van der Waals surface area contributed by atoms with Gasteiger partial charge in [0.25, 0.3) is 5.56 Å². The van der Waals surface area contributed by atoms with Crippen molar-refractivity contribution in [2.24, 2.45) is 7.05 Å². The molecule has 0 aliphatic carbocycles. The predicted molar refractivity (Wildman–Crippen MR) is 94.2 cm³/mol. The Morgan fingerprint density at radius 2 is 2.00 bits per heavy atom.